The molecule has 11 heteroatoms. The van der Waals surface area contributed by atoms with Crippen LogP contribution in [0.3, 0.4) is 0 Å². The maximum absolute atomic E-state index is 7.52. The standard InChI is InChI=1S/C58H66O10Si/c1-57(2,3)69(46-32-20-10-21-33-46,47-34-22-11-23-35-47)63-41-49-51(54-56(65-49)68-58(4,5)67-54)66-55-53(62-39-45-30-18-9-19-31-45)52(61-38-44-28-16-8-17-29-44)50(60-37-43-26-14-7-15-27-43)48(64-55)40-59-36-42-24-12-6-13-25-42/h6-35,48-56H,36-41H2,1-5H3/t48-,49-,50+,51+,52+,53-,54-,55-,56-/m1/s1. The van der Waals surface area contributed by atoms with Crippen LogP contribution in [0.1, 0.15) is 56.9 Å². The molecule has 3 heterocycles. The van der Waals surface area contributed by atoms with Gasteiger partial charge in [0.15, 0.2) is 18.4 Å². The number of fused-ring (bicyclic) bond motifs is 1. The first-order valence-electron chi connectivity index (χ1n) is 24.2. The average molecular weight is 951 g/mol. The maximum Gasteiger partial charge on any atom is 0.261 e. The first-order valence-corrected chi connectivity index (χ1v) is 26.1. The van der Waals surface area contributed by atoms with E-state index in [1.165, 1.54) is 0 Å². The number of hydrogen-bond donors (Lipinski definition) is 0. The third kappa shape index (κ3) is 11.8. The predicted octanol–water partition coefficient (Wildman–Crippen LogP) is 9.52. The van der Waals surface area contributed by atoms with E-state index in [1.807, 2.05) is 123 Å². The van der Waals surface area contributed by atoms with Crippen molar-refractivity contribution in [2.24, 2.45) is 0 Å². The second kappa shape index (κ2) is 22.5. The van der Waals surface area contributed by atoms with E-state index < -0.39 is 69.4 Å². The minimum atomic E-state index is -3.01. The molecule has 0 aromatic heterocycles. The lowest BCUT2D eigenvalue weighted by molar-refractivity contribution is -0.344. The first-order chi connectivity index (χ1) is 33.6. The highest BCUT2D eigenvalue weighted by atomic mass is 28.4. The van der Waals surface area contributed by atoms with Gasteiger partial charge in [0.1, 0.15) is 42.7 Å². The van der Waals surface area contributed by atoms with E-state index in [2.05, 4.69) is 93.6 Å². The van der Waals surface area contributed by atoms with Gasteiger partial charge >= 0.3 is 0 Å². The molecule has 0 unspecified atom stereocenters. The summed E-state index contributed by atoms with van der Waals surface area (Å²) in [6.45, 7) is 12.2. The lowest BCUT2D eigenvalue weighted by Gasteiger charge is -2.47. The third-order valence-corrected chi connectivity index (χ3v) is 18.1. The molecule has 3 aliphatic heterocycles. The summed E-state index contributed by atoms with van der Waals surface area (Å²) in [7, 11) is -3.01. The van der Waals surface area contributed by atoms with Crippen molar-refractivity contribution < 1.29 is 47.1 Å². The molecular formula is C58H66O10Si. The van der Waals surface area contributed by atoms with Crippen molar-refractivity contribution >= 4 is 18.7 Å². The van der Waals surface area contributed by atoms with E-state index in [4.69, 9.17) is 47.1 Å². The molecule has 0 bridgehead atoms. The molecule has 0 saturated carbocycles. The van der Waals surface area contributed by atoms with Crippen molar-refractivity contribution in [2.75, 3.05) is 13.2 Å². The Morgan fingerprint density at radius 1 is 0.464 bits per heavy atom. The molecular weight excluding hydrogens is 885 g/mol. The van der Waals surface area contributed by atoms with Crippen LogP contribution in [-0.4, -0.2) is 82.6 Å². The molecule has 362 valence electrons. The second-order valence-corrected chi connectivity index (χ2v) is 23.9. The van der Waals surface area contributed by atoms with Crippen molar-refractivity contribution in [1.29, 1.82) is 0 Å². The summed E-state index contributed by atoms with van der Waals surface area (Å²) in [5, 5.41) is 2.05. The monoisotopic (exact) mass is 950 g/mol. The zero-order chi connectivity index (χ0) is 47.7. The zero-order valence-electron chi connectivity index (χ0n) is 40.3. The smallest absolute Gasteiger partial charge is 0.261 e. The largest absolute Gasteiger partial charge is 0.405 e. The van der Waals surface area contributed by atoms with Gasteiger partial charge in [0.05, 0.1) is 39.6 Å². The molecule has 0 spiro atoms. The van der Waals surface area contributed by atoms with Crippen LogP contribution in [-0.2, 0) is 73.5 Å². The minimum absolute atomic E-state index is 0.186. The predicted molar refractivity (Wildman–Crippen MR) is 267 cm³/mol. The van der Waals surface area contributed by atoms with Crippen LogP contribution in [0, 0.1) is 0 Å². The summed E-state index contributed by atoms with van der Waals surface area (Å²) in [6.07, 6.45) is -6.47. The fraction of sp³-hybridized carbons (Fsp3) is 0.379. The molecule has 9 atom stereocenters. The lowest BCUT2D eigenvalue weighted by atomic mass is 9.97. The van der Waals surface area contributed by atoms with Gasteiger partial charge < -0.3 is 47.1 Å². The Morgan fingerprint density at radius 3 is 1.36 bits per heavy atom. The SMILES string of the molecule is CC1(C)O[C@H]2O[C@H](CO[Si](c3ccccc3)(c3ccccc3)C(C)(C)C)[C@H](O[C@H]3O[C@H](COCc4ccccc4)[C@H](OCc4ccccc4)[C@H](OCc4ccccc4)[C@H]3OCc3ccccc3)[C@H]2O1. The highest BCUT2D eigenvalue weighted by Crippen LogP contribution is 2.43. The van der Waals surface area contributed by atoms with E-state index in [-0.39, 0.29) is 24.9 Å². The maximum atomic E-state index is 7.52. The Balaban J connectivity index is 1.09. The fourth-order valence-electron chi connectivity index (χ4n) is 9.83. The van der Waals surface area contributed by atoms with Crippen LogP contribution >= 0.6 is 0 Å². The van der Waals surface area contributed by atoms with E-state index in [0.717, 1.165) is 32.6 Å². The van der Waals surface area contributed by atoms with Crippen LogP contribution in [0.5, 0.6) is 0 Å². The second-order valence-electron chi connectivity index (χ2n) is 19.5. The summed E-state index contributed by atoms with van der Waals surface area (Å²) in [4.78, 5) is 0. The fourth-order valence-corrected chi connectivity index (χ4v) is 14.4. The molecule has 3 aliphatic rings. The van der Waals surface area contributed by atoms with Crippen molar-refractivity contribution in [1.82, 2.24) is 0 Å². The van der Waals surface area contributed by atoms with Crippen molar-refractivity contribution in [3.8, 4) is 0 Å². The minimum Gasteiger partial charge on any atom is -0.405 e. The van der Waals surface area contributed by atoms with Gasteiger partial charge in [-0.15, -0.1) is 0 Å². The van der Waals surface area contributed by atoms with Crippen LogP contribution in [0.15, 0.2) is 182 Å². The Labute approximate surface area is 408 Å². The summed E-state index contributed by atoms with van der Waals surface area (Å²) in [5.41, 5.74) is 4.06. The number of ether oxygens (including phenoxy) is 9. The van der Waals surface area contributed by atoms with Gasteiger partial charge in [-0.05, 0) is 51.5 Å². The van der Waals surface area contributed by atoms with E-state index >= 15 is 0 Å². The Morgan fingerprint density at radius 2 is 0.884 bits per heavy atom. The average Bonchev–Trinajstić information content (AvgIpc) is 3.84. The summed E-state index contributed by atoms with van der Waals surface area (Å²) in [6, 6.07) is 61.7. The Kier molecular flexibility index (Phi) is 16.0. The highest BCUT2D eigenvalue weighted by Gasteiger charge is 2.60. The molecule has 69 heavy (non-hydrogen) atoms. The molecule has 10 nitrogen and oxygen atoms in total. The summed E-state index contributed by atoms with van der Waals surface area (Å²) in [5.74, 6) is -0.928. The van der Waals surface area contributed by atoms with E-state index in [9.17, 15) is 0 Å². The van der Waals surface area contributed by atoms with Crippen LogP contribution in [0.2, 0.25) is 5.04 Å². The molecule has 3 saturated heterocycles. The van der Waals surface area contributed by atoms with Gasteiger partial charge in [-0.25, -0.2) is 0 Å². The third-order valence-electron chi connectivity index (χ3n) is 13.1. The quantitative estimate of drug-likeness (QED) is 0.0690. The Bertz CT molecular complexity index is 2400. The molecule has 3 fully saturated rings. The van der Waals surface area contributed by atoms with Gasteiger partial charge in [-0.3, -0.25) is 0 Å². The van der Waals surface area contributed by atoms with Crippen LogP contribution < -0.4 is 10.4 Å². The first kappa shape index (κ1) is 49.1. The van der Waals surface area contributed by atoms with Crippen molar-refractivity contribution in [3.63, 3.8) is 0 Å². The number of rotatable bonds is 20. The number of benzene rings is 6. The molecule has 6 aromatic carbocycles. The molecule has 0 amide bonds. The molecule has 0 aliphatic carbocycles. The zero-order valence-corrected chi connectivity index (χ0v) is 41.3. The van der Waals surface area contributed by atoms with Crippen LogP contribution in [0.4, 0.5) is 0 Å². The van der Waals surface area contributed by atoms with Gasteiger partial charge in [-0.2, -0.15) is 0 Å². The molecule has 6 aromatic rings. The lowest BCUT2D eigenvalue weighted by Crippen LogP contribution is -2.67. The van der Waals surface area contributed by atoms with Gasteiger partial charge in [0, 0.05) is 0 Å². The molecule has 9 rings (SSSR count). The normalized spacial score (nSPS) is 25.6. The molecule has 0 radical (unpaired) electrons. The van der Waals surface area contributed by atoms with Gasteiger partial charge in [-0.1, -0.05) is 203 Å². The van der Waals surface area contributed by atoms with Gasteiger partial charge in [0.25, 0.3) is 8.32 Å². The van der Waals surface area contributed by atoms with E-state index in [1.54, 1.807) is 0 Å². The van der Waals surface area contributed by atoms with E-state index in [0.29, 0.717) is 19.8 Å². The molecule has 0 N–H and O–H groups in total. The highest BCUT2D eigenvalue weighted by molar-refractivity contribution is 6.99. The number of hydrogen-bond acceptors (Lipinski definition) is 10. The van der Waals surface area contributed by atoms with Gasteiger partial charge in [0.2, 0.25) is 0 Å². The van der Waals surface area contributed by atoms with Crippen molar-refractivity contribution in [2.45, 2.75) is 127 Å². The van der Waals surface area contributed by atoms with Crippen molar-refractivity contribution in [3.05, 3.63) is 204 Å². The van der Waals surface area contributed by atoms with Crippen LogP contribution in [0.25, 0.3) is 0 Å². The summed E-state index contributed by atoms with van der Waals surface area (Å²) < 4.78 is 69.6. The topological polar surface area (TPSA) is 92.3 Å². The summed E-state index contributed by atoms with van der Waals surface area (Å²) >= 11 is 0. The Hall–Kier alpha value is -4.86.